The van der Waals surface area contributed by atoms with Crippen LogP contribution in [-0.2, 0) is 6.42 Å². The van der Waals surface area contributed by atoms with Crippen LogP contribution in [-0.4, -0.2) is 13.2 Å². The first-order chi connectivity index (χ1) is 8.98. The van der Waals surface area contributed by atoms with Crippen molar-refractivity contribution < 1.29 is 9.47 Å². The molecule has 19 heavy (non-hydrogen) atoms. The molecular weight excluding hydrogens is 283 g/mol. The minimum Gasteiger partial charge on any atom is -0.486 e. The van der Waals surface area contributed by atoms with E-state index in [2.05, 4.69) is 13.8 Å². The van der Waals surface area contributed by atoms with Gasteiger partial charge in [-0.3, -0.25) is 0 Å². The molecule has 0 saturated carbocycles. The summed E-state index contributed by atoms with van der Waals surface area (Å²) in [6, 6.07) is 1.87. The van der Waals surface area contributed by atoms with Gasteiger partial charge in [0.1, 0.15) is 13.2 Å². The third-order valence-electron chi connectivity index (χ3n) is 4.02. The molecule has 1 aliphatic heterocycles. The number of ether oxygens (including phenoxy) is 2. The van der Waals surface area contributed by atoms with Crippen LogP contribution >= 0.6 is 23.2 Å². The molecule has 1 aromatic carbocycles. The maximum Gasteiger partial charge on any atom is 0.166 e. The van der Waals surface area contributed by atoms with E-state index in [9.17, 15) is 0 Å². The number of fused-ring (bicyclic) bond motifs is 3. The Balaban J connectivity index is 2.15. The molecule has 0 saturated heterocycles. The molecule has 1 heterocycles. The van der Waals surface area contributed by atoms with Crippen LogP contribution in [0.1, 0.15) is 43.2 Å². The van der Waals surface area contributed by atoms with Gasteiger partial charge in [0.05, 0.1) is 5.38 Å². The molecule has 1 atom stereocenters. The lowest BCUT2D eigenvalue weighted by Gasteiger charge is -2.26. The molecule has 104 valence electrons. The molecule has 0 N–H and O–H groups in total. The number of benzene rings is 1. The fourth-order valence-electron chi connectivity index (χ4n) is 2.96. The maximum absolute atomic E-state index is 6.65. The van der Waals surface area contributed by atoms with E-state index in [1.807, 2.05) is 6.07 Å². The summed E-state index contributed by atoms with van der Waals surface area (Å²) in [5.41, 5.74) is 2.41. The first-order valence-electron chi connectivity index (χ1n) is 6.73. The van der Waals surface area contributed by atoms with Crippen LogP contribution in [0.5, 0.6) is 11.5 Å². The third-order valence-corrected chi connectivity index (χ3v) is 4.73. The number of alkyl halides is 1. The second kappa shape index (κ2) is 4.75. The zero-order valence-electron chi connectivity index (χ0n) is 11.3. The highest BCUT2D eigenvalue weighted by molar-refractivity contribution is 6.32. The van der Waals surface area contributed by atoms with Crippen molar-refractivity contribution in [3.05, 3.63) is 22.2 Å². The molecule has 3 rings (SSSR count). The van der Waals surface area contributed by atoms with Crippen molar-refractivity contribution in [2.45, 2.75) is 38.5 Å². The Hall–Kier alpha value is -0.600. The standard InChI is InChI=1S/C15H18Cl2O2/c1-15(2)4-3-9-10(16)7-12-14(19-6-5-18-12)13(9)11(17)8-15/h7,11H,3-6,8H2,1-2H3. The van der Waals surface area contributed by atoms with Gasteiger partial charge in [0.25, 0.3) is 0 Å². The monoisotopic (exact) mass is 300 g/mol. The van der Waals surface area contributed by atoms with Gasteiger partial charge < -0.3 is 9.47 Å². The minimum absolute atomic E-state index is 0.0679. The van der Waals surface area contributed by atoms with E-state index in [-0.39, 0.29) is 10.8 Å². The smallest absolute Gasteiger partial charge is 0.166 e. The zero-order valence-corrected chi connectivity index (χ0v) is 12.8. The Morgan fingerprint density at radius 1 is 1.26 bits per heavy atom. The highest BCUT2D eigenvalue weighted by atomic mass is 35.5. The lowest BCUT2D eigenvalue weighted by molar-refractivity contribution is 0.169. The largest absolute Gasteiger partial charge is 0.486 e. The van der Waals surface area contributed by atoms with Crippen molar-refractivity contribution in [1.82, 2.24) is 0 Å². The summed E-state index contributed by atoms with van der Waals surface area (Å²) >= 11 is 13.1. The lowest BCUT2D eigenvalue weighted by atomic mass is 9.84. The second-order valence-electron chi connectivity index (χ2n) is 6.11. The van der Waals surface area contributed by atoms with Crippen molar-refractivity contribution >= 4 is 23.2 Å². The Morgan fingerprint density at radius 3 is 2.79 bits per heavy atom. The van der Waals surface area contributed by atoms with Gasteiger partial charge >= 0.3 is 0 Å². The van der Waals surface area contributed by atoms with Crippen molar-refractivity contribution in [2.24, 2.45) is 5.41 Å². The number of hydrogen-bond donors (Lipinski definition) is 0. The van der Waals surface area contributed by atoms with E-state index in [4.69, 9.17) is 32.7 Å². The topological polar surface area (TPSA) is 18.5 Å². The Bertz CT molecular complexity index is 511. The Morgan fingerprint density at radius 2 is 2.00 bits per heavy atom. The third kappa shape index (κ3) is 2.41. The maximum atomic E-state index is 6.65. The normalized spacial score (nSPS) is 24.5. The molecular formula is C15H18Cl2O2. The van der Waals surface area contributed by atoms with E-state index in [0.29, 0.717) is 13.2 Å². The fraction of sp³-hybridized carbons (Fsp3) is 0.600. The highest BCUT2D eigenvalue weighted by Crippen LogP contribution is 2.51. The van der Waals surface area contributed by atoms with Crippen LogP contribution in [0.15, 0.2) is 6.07 Å². The predicted octanol–water partition coefficient (Wildman–Crippen LogP) is 4.75. The number of hydrogen-bond acceptors (Lipinski definition) is 2. The summed E-state index contributed by atoms with van der Waals surface area (Å²) < 4.78 is 11.4. The number of rotatable bonds is 0. The SMILES string of the molecule is CC1(C)CCc2c(Cl)cc3c(c2C(Cl)C1)OCCO3. The molecule has 2 nitrogen and oxygen atoms in total. The average Bonchev–Trinajstić information content (AvgIpc) is 2.46. The molecule has 4 heteroatoms. The van der Waals surface area contributed by atoms with Crippen LogP contribution in [0.25, 0.3) is 0 Å². The van der Waals surface area contributed by atoms with Gasteiger partial charge in [-0.15, -0.1) is 11.6 Å². The minimum atomic E-state index is -0.0679. The van der Waals surface area contributed by atoms with Gasteiger partial charge in [-0.25, -0.2) is 0 Å². The highest BCUT2D eigenvalue weighted by Gasteiger charge is 2.34. The van der Waals surface area contributed by atoms with Crippen LogP contribution in [0.4, 0.5) is 0 Å². The lowest BCUT2D eigenvalue weighted by Crippen LogP contribution is -2.18. The molecule has 0 spiro atoms. The van der Waals surface area contributed by atoms with Crippen molar-refractivity contribution in [3.8, 4) is 11.5 Å². The molecule has 1 unspecified atom stereocenters. The van der Waals surface area contributed by atoms with Gasteiger partial charge in [0.2, 0.25) is 0 Å². The molecule has 0 fully saturated rings. The molecule has 0 aromatic heterocycles. The summed E-state index contributed by atoms with van der Waals surface area (Å²) in [5, 5.41) is 0.684. The van der Waals surface area contributed by atoms with Gasteiger partial charge in [0, 0.05) is 16.7 Å². The summed E-state index contributed by atoms with van der Waals surface area (Å²) in [4.78, 5) is 0. The summed E-state index contributed by atoms with van der Waals surface area (Å²) in [6.45, 7) is 5.66. The molecule has 2 aliphatic rings. The zero-order chi connectivity index (χ0) is 13.6. The Labute approximate surface area is 124 Å². The van der Waals surface area contributed by atoms with Crippen molar-refractivity contribution in [1.29, 1.82) is 0 Å². The van der Waals surface area contributed by atoms with Crippen molar-refractivity contribution in [2.75, 3.05) is 13.2 Å². The summed E-state index contributed by atoms with van der Waals surface area (Å²) in [5.74, 6) is 1.55. The van der Waals surface area contributed by atoms with E-state index < -0.39 is 0 Å². The average molecular weight is 301 g/mol. The molecule has 0 bridgehead atoms. The van der Waals surface area contributed by atoms with Crippen LogP contribution < -0.4 is 9.47 Å². The first-order valence-corrected chi connectivity index (χ1v) is 7.54. The van der Waals surface area contributed by atoms with Gasteiger partial charge in [-0.1, -0.05) is 25.4 Å². The first kappa shape index (κ1) is 13.4. The predicted molar refractivity (Wildman–Crippen MR) is 77.8 cm³/mol. The van der Waals surface area contributed by atoms with Gasteiger partial charge in [-0.2, -0.15) is 0 Å². The molecule has 0 amide bonds. The fourth-order valence-corrected chi connectivity index (χ4v) is 3.90. The van der Waals surface area contributed by atoms with E-state index in [1.165, 1.54) is 0 Å². The molecule has 1 aliphatic carbocycles. The van der Waals surface area contributed by atoms with E-state index in [1.54, 1.807) is 0 Å². The van der Waals surface area contributed by atoms with Crippen LogP contribution in [0.2, 0.25) is 5.02 Å². The molecule has 1 aromatic rings. The Kier molecular flexibility index (Phi) is 3.34. The van der Waals surface area contributed by atoms with Crippen molar-refractivity contribution in [3.63, 3.8) is 0 Å². The van der Waals surface area contributed by atoms with E-state index in [0.717, 1.165) is 46.9 Å². The van der Waals surface area contributed by atoms with Crippen LogP contribution in [0.3, 0.4) is 0 Å². The van der Waals surface area contributed by atoms with E-state index >= 15 is 0 Å². The van der Waals surface area contributed by atoms with Gasteiger partial charge in [-0.05, 0) is 30.2 Å². The second-order valence-corrected chi connectivity index (χ2v) is 7.04. The molecule has 0 radical (unpaired) electrons. The number of halogens is 2. The quantitative estimate of drug-likeness (QED) is 0.508. The summed E-state index contributed by atoms with van der Waals surface area (Å²) in [7, 11) is 0. The summed E-state index contributed by atoms with van der Waals surface area (Å²) in [6.07, 6.45) is 2.96. The van der Waals surface area contributed by atoms with Gasteiger partial charge in [0.15, 0.2) is 11.5 Å². The van der Waals surface area contributed by atoms with Crippen LogP contribution in [0, 0.1) is 5.41 Å².